The summed E-state index contributed by atoms with van der Waals surface area (Å²) >= 11 is 0. The quantitative estimate of drug-likeness (QED) is 0.625. The van der Waals surface area contributed by atoms with Crippen molar-refractivity contribution in [2.24, 2.45) is 0 Å². The van der Waals surface area contributed by atoms with E-state index in [9.17, 15) is 0 Å². The fourth-order valence-corrected chi connectivity index (χ4v) is 1.26. The zero-order chi connectivity index (χ0) is 10.2. The van der Waals surface area contributed by atoms with E-state index >= 15 is 0 Å². The first-order valence-electron chi connectivity index (χ1n) is 5.16. The fourth-order valence-electron chi connectivity index (χ4n) is 1.26. The van der Waals surface area contributed by atoms with Crippen molar-refractivity contribution in [1.82, 2.24) is 0 Å². The third-order valence-electron chi connectivity index (χ3n) is 2.10. The van der Waals surface area contributed by atoms with Crippen LogP contribution >= 0.6 is 0 Å². The summed E-state index contributed by atoms with van der Waals surface area (Å²) in [5.74, 6) is 0. The normalized spacial score (nSPS) is 10.1. The van der Waals surface area contributed by atoms with Crippen LogP contribution in [0.15, 0.2) is 30.8 Å². The summed E-state index contributed by atoms with van der Waals surface area (Å²) in [6.07, 6.45) is 3.95. The monoisotopic (exact) mass is 190 g/mol. The van der Waals surface area contributed by atoms with Gasteiger partial charge in [0.2, 0.25) is 0 Å². The Balaban J connectivity index is 2.32. The molecule has 1 heteroatoms. The molecule has 0 amide bonds. The standard InChI is InChI=1S/C13H18O/c1-3-10-14-11-9-13-7-5-12(4-2)6-8-13/h4-8H,2-3,9-11H2,1H3. The number of ether oxygens (including phenoxy) is 1. The first kappa shape index (κ1) is 11.0. The van der Waals surface area contributed by atoms with Crippen LogP contribution in [0.2, 0.25) is 0 Å². The molecule has 0 aliphatic carbocycles. The lowest BCUT2D eigenvalue weighted by atomic mass is 10.1. The number of hydrogen-bond acceptors (Lipinski definition) is 1. The molecule has 0 spiro atoms. The van der Waals surface area contributed by atoms with E-state index in [1.807, 2.05) is 6.08 Å². The van der Waals surface area contributed by atoms with Crippen LogP contribution in [0.25, 0.3) is 6.08 Å². The van der Waals surface area contributed by atoms with Gasteiger partial charge in [-0.15, -0.1) is 0 Å². The molecule has 0 aliphatic heterocycles. The largest absolute Gasteiger partial charge is 0.381 e. The summed E-state index contributed by atoms with van der Waals surface area (Å²) in [6, 6.07) is 8.43. The van der Waals surface area contributed by atoms with Crippen molar-refractivity contribution in [3.8, 4) is 0 Å². The average molecular weight is 190 g/mol. The molecular formula is C13H18O. The molecule has 0 unspecified atom stereocenters. The Kier molecular flexibility index (Phi) is 5.02. The third kappa shape index (κ3) is 3.75. The second-order valence-electron chi connectivity index (χ2n) is 3.31. The maximum absolute atomic E-state index is 5.42. The summed E-state index contributed by atoms with van der Waals surface area (Å²) in [5, 5.41) is 0. The van der Waals surface area contributed by atoms with Gasteiger partial charge in [0.1, 0.15) is 0 Å². The molecule has 1 nitrogen and oxygen atoms in total. The van der Waals surface area contributed by atoms with E-state index in [1.165, 1.54) is 11.1 Å². The molecule has 1 aromatic rings. The van der Waals surface area contributed by atoms with Crippen LogP contribution in [0, 0.1) is 0 Å². The van der Waals surface area contributed by atoms with E-state index < -0.39 is 0 Å². The number of hydrogen-bond donors (Lipinski definition) is 0. The lowest BCUT2D eigenvalue weighted by molar-refractivity contribution is 0.138. The van der Waals surface area contributed by atoms with Gasteiger partial charge >= 0.3 is 0 Å². The summed E-state index contributed by atoms with van der Waals surface area (Å²) in [7, 11) is 0. The van der Waals surface area contributed by atoms with Crippen molar-refractivity contribution in [2.45, 2.75) is 19.8 Å². The van der Waals surface area contributed by atoms with Gasteiger partial charge in [-0.25, -0.2) is 0 Å². The van der Waals surface area contributed by atoms with Gasteiger partial charge in [0, 0.05) is 6.61 Å². The SMILES string of the molecule is C=Cc1ccc(CCOCCC)cc1. The first-order valence-corrected chi connectivity index (χ1v) is 5.16. The van der Waals surface area contributed by atoms with Gasteiger partial charge in [-0.3, -0.25) is 0 Å². The van der Waals surface area contributed by atoms with Gasteiger partial charge in [-0.2, -0.15) is 0 Å². The van der Waals surface area contributed by atoms with Crippen LogP contribution in [0.5, 0.6) is 0 Å². The van der Waals surface area contributed by atoms with Gasteiger partial charge in [0.15, 0.2) is 0 Å². The van der Waals surface area contributed by atoms with E-state index in [-0.39, 0.29) is 0 Å². The van der Waals surface area contributed by atoms with Crippen molar-refractivity contribution in [3.05, 3.63) is 42.0 Å². The van der Waals surface area contributed by atoms with Crippen LogP contribution < -0.4 is 0 Å². The minimum atomic E-state index is 0.821. The summed E-state index contributed by atoms with van der Waals surface area (Å²) in [4.78, 5) is 0. The summed E-state index contributed by atoms with van der Waals surface area (Å²) in [5.41, 5.74) is 2.50. The Morgan fingerprint density at radius 1 is 1.21 bits per heavy atom. The molecule has 0 aliphatic rings. The topological polar surface area (TPSA) is 9.23 Å². The molecule has 0 aromatic heterocycles. The Morgan fingerprint density at radius 3 is 2.50 bits per heavy atom. The Hall–Kier alpha value is -1.08. The highest BCUT2D eigenvalue weighted by atomic mass is 16.5. The van der Waals surface area contributed by atoms with E-state index in [2.05, 4.69) is 37.8 Å². The van der Waals surface area contributed by atoms with Crippen LogP contribution in [-0.4, -0.2) is 13.2 Å². The molecule has 0 N–H and O–H groups in total. The minimum Gasteiger partial charge on any atom is -0.381 e. The zero-order valence-electron chi connectivity index (χ0n) is 8.83. The number of benzene rings is 1. The molecule has 0 heterocycles. The van der Waals surface area contributed by atoms with Gasteiger partial charge in [0.05, 0.1) is 6.61 Å². The molecule has 76 valence electrons. The van der Waals surface area contributed by atoms with E-state index in [4.69, 9.17) is 4.74 Å². The smallest absolute Gasteiger partial charge is 0.0506 e. The molecule has 14 heavy (non-hydrogen) atoms. The van der Waals surface area contributed by atoms with Crippen molar-refractivity contribution >= 4 is 6.08 Å². The second kappa shape index (κ2) is 6.39. The van der Waals surface area contributed by atoms with E-state index in [0.29, 0.717) is 0 Å². The minimum absolute atomic E-state index is 0.821. The van der Waals surface area contributed by atoms with Gasteiger partial charge < -0.3 is 4.74 Å². The first-order chi connectivity index (χ1) is 6.86. The summed E-state index contributed by atoms with van der Waals surface area (Å²) in [6.45, 7) is 7.53. The Labute approximate surface area is 86.4 Å². The van der Waals surface area contributed by atoms with Crippen molar-refractivity contribution < 1.29 is 4.74 Å². The second-order valence-corrected chi connectivity index (χ2v) is 3.31. The Morgan fingerprint density at radius 2 is 1.93 bits per heavy atom. The van der Waals surface area contributed by atoms with Crippen molar-refractivity contribution in [3.63, 3.8) is 0 Å². The predicted molar refractivity (Wildman–Crippen MR) is 61.3 cm³/mol. The number of rotatable bonds is 6. The van der Waals surface area contributed by atoms with Gasteiger partial charge in [0.25, 0.3) is 0 Å². The highest BCUT2D eigenvalue weighted by molar-refractivity contribution is 5.47. The lowest BCUT2D eigenvalue weighted by Gasteiger charge is -2.03. The highest BCUT2D eigenvalue weighted by Crippen LogP contribution is 2.06. The van der Waals surface area contributed by atoms with E-state index in [0.717, 1.165) is 26.1 Å². The van der Waals surface area contributed by atoms with Gasteiger partial charge in [-0.05, 0) is 24.0 Å². The molecule has 0 bridgehead atoms. The van der Waals surface area contributed by atoms with E-state index in [1.54, 1.807) is 0 Å². The van der Waals surface area contributed by atoms with Crippen LogP contribution in [0.1, 0.15) is 24.5 Å². The predicted octanol–water partition coefficient (Wildman–Crippen LogP) is 3.30. The molecule has 0 saturated heterocycles. The molecule has 1 aromatic carbocycles. The molecule has 1 rings (SSSR count). The lowest BCUT2D eigenvalue weighted by Crippen LogP contribution is -1.99. The van der Waals surface area contributed by atoms with Crippen molar-refractivity contribution in [2.75, 3.05) is 13.2 Å². The van der Waals surface area contributed by atoms with Crippen molar-refractivity contribution in [1.29, 1.82) is 0 Å². The zero-order valence-corrected chi connectivity index (χ0v) is 8.83. The highest BCUT2D eigenvalue weighted by Gasteiger charge is 1.92. The van der Waals surface area contributed by atoms with Crippen LogP contribution in [0.4, 0.5) is 0 Å². The molecule has 0 atom stereocenters. The summed E-state index contributed by atoms with van der Waals surface area (Å²) < 4.78 is 5.42. The third-order valence-corrected chi connectivity index (χ3v) is 2.10. The van der Waals surface area contributed by atoms with Gasteiger partial charge in [-0.1, -0.05) is 43.8 Å². The molecular weight excluding hydrogens is 172 g/mol. The maximum atomic E-state index is 5.42. The molecule has 0 fully saturated rings. The maximum Gasteiger partial charge on any atom is 0.0506 e. The van der Waals surface area contributed by atoms with Crippen LogP contribution in [0.3, 0.4) is 0 Å². The average Bonchev–Trinajstić information content (AvgIpc) is 2.25. The Bertz CT molecular complexity index is 261. The molecule has 0 saturated carbocycles. The fraction of sp³-hybridized carbons (Fsp3) is 0.385. The molecule has 0 radical (unpaired) electrons. The van der Waals surface area contributed by atoms with Crippen LogP contribution in [-0.2, 0) is 11.2 Å².